The standard InChI is InChI=1S/C12H10ClF3N2S/c1-2-17-10-6-7(12(14,15)16)5-9(18-10)11-8(13)3-4-19-11/h3-6H,2H2,1H3,(H,17,18). The van der Waals surface area contributed by atoms with Gasteiger partial charge in [0.2, 0.25) is 0 Å². The molecule has 2 aromatic heterocycles. The molecule has 0 atom stereocenters. The Balaban J connectivity index is 2.55. The molecular formula is C12H10ClF3N2S. The van der Waals surface area contributed by atoms with Crippen LogP contribution in [-0.2, 0) is 6.18 Å². The molecule has 0 fully saturated rings. The topological polar surface area (TPSA) is 24.9 Å². The smallest absolute Gasteiger partial charge is 0.370 e. The fraction of sp³-hybridized carbons (Fsp3) is 0.250. The highest BCUT2D eigenvalue weighted by molar-refractivity contribution is 7.14. The van der Waals surface area contributed by atoms with E-state index in [1.807, 2.05) is 0 Å². The van der Waals surface area contributed by atoms with Crippen LogP contribution in [0.4, 0.5) is 19.0 Å². The van der Waals surface area contributed by atoms with E-state index in [1.165, 1.54) is 11.3 Å². The Morgan fingerprint density at radius 2 is 2.11 bits per heavy atom. The normalized spacial score (nSPS) is 11.6. The summed E-state index contributed by atoms with van der Waals surface area (Å²) in [5.74, 6) is 0.191. The van der Waals surface area contributed by atoms with Crippen molar-refractivity contribution in [2.75, 3.05) is 11.9 Å². The van der Waals surface area contributed by atoms with Gasteiger partial charge in [-0.15, -0.1) is 11.3 Å². The van der Waals surface area contributed by atoms with E-state index in [9.17, 15) is 13.2 Å². The predicted molar refractivity (Wildman–Crippen MR) is 71.7 cm³/mol. The summed E-state index contributed by atoms with van der Waals surface area (Å²) < 4.78 is 38.5. The number of thiophene rings is 1. The van der Waals surface area contributed by atoms with Crippen LogP contribution in [-0.4, -0.2) is 11.5 Å². The zero-order chi connectivity index (χ0) is 14.0. The Morgan fingerprint density at radius 1 is 1.37 bits per heavy atom. The second-order valence-electron chi connectivity index (χ2n) is 3.75. The molecule has 19 heavy (non-hydrogen) atoms. The van der Waals surface area contributed by atoms with Gasteiger partial charge in [-0.05, 0) is 30.5 Å². The molecule has 2 aromatic rings. The Kier molecular flexibility index (Phi) is 4.01. The molecule has 0 radical (unpaired) electrons. The molecule has 0 aliphatic rings. The largest absolute Gasteiger partial charge is 0.416 e. The summed E-state index contributed by atoms with van der Waals surface area (Å²) >= 11 is 7.20. The molecule has 0 amide bonds. The third-order valence-electron chi connectivity index (χ3n) is 2.36. The molecule has 0 spiro atoms. The van der Waals surface area contributed by atoms with Crippen molar-refractivity contribution in [2.45, 2.75) is 13.1 Å². The second kappa shape index (κ2) is 5.38. The van der Waals surface area contributed by atoms with Gasteiger partial charge in [-0.3, -0.25) is 0 Å². The van der Waals surface area contributed by atoms with Gasteiger partial charge in [-0.1, -0.05) is 11.6 Å². The quantitative estimate of drug-likeness (QED) is 0.871. The third kappa shape index (κ3) is 3.19. The van der Waals surface area contributed by atoms with Crippen molar-refractivity contribution in [1.82, 2.24) is 4.98 Å². The van der Waals surface area contributed by atoms with Crippen molar-refractivity contribution < 1.29 is 13.2 Å². The summed E-state index contributed by atoms with van der Waals surface area (Å²) in [5, 5.41) is 4.91. The van der Waals surface area contributed by atoms with Crippen LogP contribution in [0.2, 0.25) is 5.02 Å². The highest BCUT2D eigenvalue weighted by Gasteiger charge is 2.32. The van der Waals surface area contributed by atoms with Crippen LogP contribution in [0.5, 0.6) is 0 Å². The Hall–Kier alpha value is -1.27. The van der Waals surface area contributed by atoms with Gasteiger partial charge < -0.3 is 5.32 Å². The first-order valence-electron chi connectivity index (χ1n) is 5.48. The van der Waals surface area contributed by atoms with Crippen LogP contribution in [0.25, 0.3) is 10.6 Å². The minimum absolute atomic E-state index is 0.191. The molecule has 0 unspecified atom stereocenters. The van der Waals surface area contributed by atoms with Crippen molar-refractivity contribution in [3.8, 4) is 10.6 Å². The molecule has 0 aromatic carbocycles. The number of hydrogen-bond acceptors (Lipinski definition) is 3. The Labute approximate surface area is 117 Å². The van der Waals surface area contributed by atoms with Crippen molar-refractivity contribution in [3.63, 3.8) is 0 Å². The number of anilines is 1. The van der Waals surface area contributed by atoms with Crippen LogP contribution in [0.15, 0.2) is 23.6 Å². The summed E-state index contributed by atoms with van der Waals surface area (Å²) in [6.45, 7) is 2.28. The molecule has 102 valence electrons. The highest BCUT2D eigenvalue weighted by Crippen LogP contribution is 2.37. The number of rotatable bonds is 3. The monoisotopic (exact) mass is 306 g/mol. The van der Waals surface area contributed by atoms with E-state index in [4.69, 9.17) is 11.6 Å². The van der Waals surface area contributed by atoms with Gasteiger partial charge in [0.25, 0.3) is 0 Å². The predicted octanol–water partition coefficient (Wildman–Crippen LogP) is 4.91. The second-order valence-corrected chi connectivity index (χ2v) is 5.08. The molecule has 1 N–H and O–H groups in total. The van der Waals surface area contributed by atoms with E-state index in [-0.39, 0.29) is 11.5 Å². The maximum absolute atomic E-state index is 12.8. The number of alkyl halides is 3. The first kappa shape index (κ1) is 14.1. The number of pyridine rings is 1. The van der Waals surface area contributed by atoms with Crippen LogP contribution in [0.3, 0.4) is 0 Å². The van der Waals surface area contributed by atoms with Gasteiger partial charge in [-0.25, -0.2) is 4.98 Å². The number of halogens is 4. The van der Waals surface area contributed by atoms with E-state index >= 15 is 0 Å². The first-order chi connectivity index (χ1) is 8.91. The Bertz CT molecular complexity index is 581. The van der Waals surface area contributed by atoms with Crippen molar-refractivity contribution in [2.24, 2.45) is 0 Å². The van der Waals surface area contributed by atoms with Crippen LogP contribution in [0.1, 0.15) is 12.5 Å². The zero-order valence-electron chi connectivity index (χ0n) is 9.88. The highest BCUT2D eigenvalue weighted by atomic mass is 35.5. The van der Waals surface area contributed by atoms with Crippen LogP contribution < -0.4 is 5.32 Å². The molecule has 0 aliphatic carbocycles. The SMILES string of the molecule is CCNc1cc(C(F)(F)F)cc(-c2sccc2Cl)n1. The maximum Gasteiger partial charge on any atom is 0.416 e. The van der Waals surface area contributed by atoms with E-state index in [0.717, 1.165) is 12.1 Å². The summed E-state index contributed by atoms with van der Waals surface area (Å²) in [7, 11) is 0. The number of nitrogens with one attached hydrogen (secondary N) is 1. The molecule has 0 aliphatic heterocycles. The fourth-order valence-electron chi connectivity index (χ4n) is 1.56. The van der Waals surface area contributed by atoms with Crippen molar-refractivity contribution in [1.29, 1.82) is 0 Å². The molecule has 2 heterocycles. The molecule has 2 rings (SSSR count). The average Bonchev–Trinajstić information content (AvgIpc) is 2.74. The van der Waals surface area contributed by atoms with E-state index in [2.05, 4.69) is 10.3 Å². The number of hydrogen-bond donors (Lipinski definition) is 1. The molecule has 0 bridgehead atoms. The Morgan fingerprint density at radius 3 is 2.63 bits per heavy atom. The van der Waals surface area contributed by atoms with Crippen molar-refractivity contribution in [3.05, 3.63) is 34.2 Å². The van der Waals surface area contributed by atoms with Gasteiger partial charge in [0.1, 0.15) is 5.82 Å². The van der Waals surface area contributed by atoms with Gasteiger partial charge in [0.15, 0.2) is 0 Å². The van der Waals surface area contributed by atoms with E-state index < -0.39 is 11.7 Å². The van der Waals surface area contributed by atoms with Gasteiger partial charge in [0, 0.05) is 6.54 Å². The first-order valence-corrected chi connectivity index (χ1v) is 6.74. The molecule has 0 saturated heterocycles. The van der Waals surface area contributed by atoms with E-state index in [1.54, 1.807) is 18.4 Å². The lowest BCUT2D eigenvalue weighted by atomic mass is 10.2. The average molecular weight is 307 g/mol. The lowest BCUT2D eigenvalue weighted by Gasteiger charge is -2.11. The van der Waals surface area contributed by atoms with Crippen LogP contribution >= 0.6 is 22.9 Å². The number of nitrogens with zero attached hydrogens (tertiary/aromatic N) is 1. The summed E-state index contributed by atoms with van der Waals surface area (Å²) in [6, 6.07) is 3.64. The minimum Gasteiger partial charge on any atom is -0.370 e. The number of aromatic nitrogens is 1. The zero-order valence-corrected chi connectivity index (χ0v) is 11.5. The van der Waals surface area contributed by atoms with E-state index in [0.29, 0.717) is 16.4 Å². The molecule has 7 heteroatoms. The third-order valence-corrected chi connectivity index (χ3v) is 3.72. The summed E-state index contributed by atoms with van der Waals surface area (Å²) in [4.78, 5) is 4.69. The fourth-order valence-corrected chi connectivity index (χ4v) is 2.67. The van der Waals surface area contributed by atoms with Crippen LogP contribution in [0, 0.1) is 0 Å². The molecule has 0 saturated carbocycles. The minimum atomic E-state index is -4.41. The summed E-state index contributed by atoms with van der Waals surface area (Å²) in [6.07, 6.45) is -4.41. The van der Waals surface area contributed by atoms with Gasteiger partial charge in [0.05, 0.1) is 21.2 Å². The maximum atomic E-state index is 12.8. The molecule has 2 nitrogen and oxygen atoms in total. The summed E-state index contributed by atoms with van der Waals surface area (Å²) in [5.41, 5.74) is -0.510. The van der Waals surface area contributed by atoms with Crippen molar-refractivity contribution >= 4 is 28.8 Å². The van der Waals surface area contributed by atoms with Gasteiger partial charge in [-0.2, -0.15) is 13.2 Å². The molecular weight excluding hydrogens is 297 g/mol. The lowest BCUT2D eigenvalue weighted by Crippen LogP contribution is -2.08. The van der Waals surface area contributed by atoms with Gasteiger partial charge >= 0.3 is 6.18 Å². The lowest BCUT2D eigenvalue weighted by molar-refractivity contribution is -0.137.